The molecule has 3 rings (SSSR count). The lowest BCUT2D eigenvalue weighted by molar-refractivity contribution is -0.118. The van der Waals surface area contributed by atoms with Crippen LogP contribution in [-0.4, -0.2) is 25.5 Å². The van der Waals surface area contributed by atoms with Gasteiger partial charge in [-0.05, 0) is 50.5 Å². The number of halogens is 1. The van der Waals surface area contributed by atoms with Crippen molar-refractivity contribution in [1.82, 2.24) is 19.7 Å². The second-order valence-electron chi connectivity index (χ2n) is 6.61. The number of benzene rings is 1. The summed E-state index contributed by atoms with van der Waals surface area (Å²) < 4.78 is 1.63. The Kier molecular flexibility index (Phi) is 5.56. The van der Waals surface area contributed by atoms with E-state index in [-0.39, 0.29) is 11.3 Å². The van der Waals surface area contributed by atoms with Crippen LogP contribution in [0.5, 0.6) is 0 Å². The minimum Gasteiger partial charge on any atom is -0.299 e. The second kappa shape index (κ2) is 7.88. The standard InChI is InChI=1S/C20H21ClN4O2/c1-12-10-19(27)23-20(22-12)25-14(3)18(13(2)24-25)9-8-17(26)11-15-4-6-16(21)7-5-15/h4-7,10H,8-9,11H2,1-3H3,(H,22,23,27). The summed E-state index contributed by atoms with van der Waals surface area (Å²) in [6.07, 6.45) is 1.41. The van der Waals surface area contributed by atoms with Crippen LogP contribution >= 0.6 is 11.6 Å². The SMILES string of the molecule is Cc1cc(=O)[nH]c(-n2nc(C)c(CCC(=O)Cc3ccc(Cl)cc3)c2C)n1. The molecule has 0 saturated heterocycles. The summed E-state index contributed by atoms with van der Waals surface area (Å²) in [7, 11) is 0. The van der Waals surface area contributed by atoms with Crippen LogP contribution < -0.4 is 5.56 Å². The Balaban J connectivity index is 1.74. The molecule has 2 heterocycles. The number of H-pyrrole nitrogens is 1. The van der Waals surface area contributed by atoms with E-state index in [4.69, 9.17) is 11.6 Å². The highest BCUT2D eigenvalue weighted by molar-refractivity contribution is 6.30. The topological polar surface area (TPSA) is 80.6 Å². The molecular weight excluding hydrogens is 364 g/mol. The van der Waals surface area contributed by atoms with Crippen molar-refractivity contribution in [1.29, 1.82) is 0 Å². The van der Waals surface area contributed by atoms with Crippen LogP contribution in [0.3, 0.4) is 0 Å². The number of aromatic amines is 1. The van der Waals surface area contributed by atoms with Gasteiger partial charge in [-0.2, -0.15) is 5.10 Å². The smallest absolute Gasteiger partial charge is 0.252 e. The summed E-state index contributed by atoms with van der Waals surface area (Å²) in [5.41, 5.74) is 4.07. The molecule has 140 valence electrons. The van der Waals surface area contributed by atoms with Gasteiger partial charge in [0, 0.05) is 35.3 Å². The molecule has 27 heavy (non-hydrogen) atoms. The van der Waals surface area contributed by atoms with E-state index in [2.05, 4.69) is 15.1 Å². The summed E-state index contributed by atoms with van der Waals surface area (Å²) in [6.45, 7) is 5.58. The molecule has 1 aromatic carbocycles. The highest BCUT2D eigenvalue weighted by Gasteiger charge is 2.16. The van der Waals surface area contributed by atoms with E-state index >= 15 is 0 Å². The minimum atomic E-state index is -0.218. The van der Waals surface area contributed by atoms with Crippen LogP contribution in [0.2, 0.25) is 5.02 Å². The Hall–Kier alpha value is -2.73. The van der Waals surface area contributed by atoms with Gasteiger partial charge < -0.3 is 0 Å². The number of nitrogens with one attached hydrogen (secondary N) is 1. The van der Waals surface area contributed by atoms with Crippen LogP contribution in [0.25, 0.3) is 5.95 Å². The highest BCUT2D eigenvalue weighted by Crippen LogP contribution is 2.18. The number of rotatable bonds is 6. The van der Waals surface area contributed by atoms with Gasteiger partial charge in [-0.3, -0.25) is 14.6 Å². The van der Waals surface area contributed by atoms with Crippen molar-refractivity contribution in [3.05, 3.63) is 73.9 Å². The Labute approximate surface area is 162 Å². The Morgan fingerprint density at radius 3 is 2.56 bits per heavy atom. The van der Waals surface area contributed by atoms with Crippen molar-refractivity contribution in [2.45, 2.75) is 40.0 Å². The third-order valence-corrected chi connectivity index (χ3v) is 4.72. The molecule has 6 nitrogen and oxygen atoms in total. The first kappa shape index (κ1) is 19.0. The van der Waals surface area contributed by atoms with Gasteiger partial charge in [0.25, 0.3) is 5.56 Å². The van der Waals surface area contributed by atoms with Crippen LogP contribution in [0.1, 0.15) is 34.6 Å². The van der Waals surface area contributed by atoms with Crippen molar-refractivity contribution in [2.24, 2.45) is 0 Å². The zero-order chi connectivity index (χ0) is 19.6. The van der Waals surface area contributed by atoms with Gasteiger partial charge in [-0.1, -0.05) is 23.7 Å². The van der Waals surface area contributed by atoms with E-state index in [1.54, 1.807) is 23.7 Å². The molecular formula is C20H21ClN4O2. The predicted octanol–water partition coefficient (Wildman–Crippen LogP) is 3.28. The number of hydrogen-bond acceptors (Lipinski definition) is 4. The molecule has 3 aromatic rings. The number of ketones is 1. The maximum atomic E-state index is 12.3. The van der Waals surface area contributed by atoms with Crippen molar-refractivity contribution in [3.63, 3.8) is 0 Å². The van der Waals surface area contributed by atoms with E-state index in [9.17, 15) is 9.59 Å². The highest BCUT2D eigenvalue weighted by atomic mass is 35.5. The van der Waals surface area contributed by atoms with E-state index in [0.29, 0.717) is 35.9 Å². The normalized spacial score (nSPS) is 11.0. The van der Waals surface area contributed by atoms with Crippen LogP contribution in [0.4, 0.5) is 0 Å². The first-order chi connectivity index (χ1) is 12.8. The number of Topliss-reactive ketones (excluding diaryl/α,β-unsaturated/α-hetero) is 1. The number of carbonyl (C=O) groups excluding carboxylic acids is 1. The van der Waals surface area contributed by atoms with E-state index in [1.165, 1.54) is 6.07 Å². The molecule has 0 aliphatic rings. The summed E-state index contributed by atoms with van der Waals surface area (Å²) in [6, 6.07) is 8.75. The quantitative estimate of drug-likeness (QED) is 0.707. The lowest BCUT2D eigenvalue weighted by Crippen LogP contribution is -2.15. The average molecular weight is 385 g/mol. The van der Waals surface area contributed by atoms with E-state index < -0.39 is 0 Å². The summed E-state index contributed by atoms with van der Waals surface area (Å²) >= 11 is 5.88. The first-order valence-corrected chi connectivity index (χ1v) is 9.11. The van der Waals surface area contributed by atoms with Gasteiger partial charge in [0.2, 0.25) is 5.95 Å². The van der Waals surface area contributed by atoms with Crippen molar-refractivity contribution in [2.75, 3.05) is 0 Å². The fraction of sp³-hybridized carbons (Fsp3) is 0.300. The number of hydrogen-bond donors (Lipinski definition) is 1. The Morgan fingerprint density at radius 1 is 1.19 bits per heavy atom. The summed E-state index contributed by atoms with van der Waals surface area (Å²) in [4.78, 5) is 31.1. The minimum absolute atomic E-state index is 0.158. The monoisotopic (exact) mass is 384 g/mol. The molecule has 0 saturated carbocycles. The maximum Gasteiger partial charge on any atom is 0.252 e. The lowest BCUT2D eigenvalue weighted by Gasteiger charge is -2.05. The average Bonchev–Trinajstić information content (AvgIpc) is 2.88. The molecule has 0 aliphatic carbocycles. The van der Waals surface area contributed by atoms with Crippen molar-refractivity contribution >= 4 is 17.4 Å². The third kappa shape index (κ3) is 4.52. The molecule has 0 aliphatic heterocycles. The number of nitrogens with zero attached hydrogens (tertiary/aromatic N) is 3. The van der Waals surface area contributed by atoms with Crippen LogP contribution in [0, 0.1) is 20.8 Å². The molecule has 0 radical (unpaired) electrons. The number of aryl methyl sites for hydroxylation is 2. The summed E-state index contributed by atoms with van der Waals surface area (Å²) in [5, 5.41) is 5.15. The van der Waals surface area contributed by atoms with Crippen molar-refractivity contribution < 1.29 is 4.79 Å². The van der Waals surface area contributed by atoms with E-state index in [1.807, 2.05) is 26.0 Å². The molecule has 7 heteroatoms. The fourth-order valence-corrected chi connectivity index (χ4v) is 3.22. The zero-order valence-corrected chi connectivity index (χ0v) is 16.3. The molecule has 0 unspecified atom stereocenters. The van der Waals surface area contributed by atoms with Gasteiger partial charge in [0.15, 0.2) is 0 Å². The number of aromatic nitrogens is 4. The molecule has 1 N–H and O–H groups in total. The Bertz CT molecular complexity index is 1040. The molecule has 0 atom stereocenters. The largest absolute Gasteiger partial charge is 0.299 e. The third-order valence-electron chi connectivity index (χ3n) is 4.47. The van der Waals surface area contributed by atoms with Gasteiger partial charge in [-0.25, -0.2) is 9.67 Å². The zero-order valence-electron chi connectivity index (χ0n) is 15.5. The molecule has 0 bridgehead atoms. The van der Waals surface area contributed by atoms with Gasteiger partial charge in [0.05, 0.1) is 5.69 Å². The fourth-order valence-electron chi connectivity index (χ4n) is 3.09. The van der Waals surface area contributed by atoms with Gasteiger partial charge in [0.1, 0.15) is 5.78 Å². The van der Waals surface area contributed by atoms with Crippen LogP contribution in [-0.2, 0) is 17.6 Å². The maximum absolute atomic E-state index is 12.3. The van der Waals surface area contributed by atoms with E-state index in [0.717, 1.165) is 22.5 Å². The van der Waals surface area contributed by atoms with Gasteiger partial charge >= 0.3 is 0 Å². The molecule has 0 amide bonds. The number of carbonyl (C=O) groups is 1. The van der Waals surface area contributed by atoms with Gasteiger partial charge in [-0.15, -0.1) is 0 Å². The molecule has 0 fully saturated rings. The second-order valence-corrected chi connectivity index (χ2v) is 7.05. The summed E-state index contributed by atoms with van der Waals surface area (Å²) in [5.74, 6) is 0.547. The van der Waals surface area contributed by atoms with Crippen molar-refractivity contribution in [3.8, 4) is 5.95 Å². The molecule has 2 aromatic heterocycles. The lowest BCUT2D eigenvalue weighted by atomic mass is 10.0. The predicted molar refractivity (Wildman–Crippen MR) is 105 cm³/mol. The molecule has 0 spiro atoms. The first-order valence-electron chi connectivity index (χ1n) is 8.73. The Morgan fingerprint density at radius 2 is 1.89 bits per heavy atom. The van der Waals surface area contributed by atoms with Crippen LogP contribution in [0.15, 0.2) is 35.1 Å².